The second-order valence-corrected chi connectivity index (χ2v) is 7.84. The number of amides is 1. The van der Waals surface area contributed by atoms with Crippen LogP contribution in [-0.2, 0) is 16.0 Å². The fourth-order valence-electron chi connectivity index (χ4n) is 2.98. The molecule has 2 heterocycles. The maximum absolute atomic E-state index is 12.8. The van der Waals surface area contributed by atoms with E-state index in [0.29, 0.717) is 44.2 Å². The maximum atomic E-state index is 12.8. The first-order valence-electron chi connectivity index (χ1n) is 8.33. The number of aromatic nitrogens is 1. The predicted molar refractivity (Wildman–Crippen MR) is 109 cm³/mol. The van der Waals surface area contributed by atoms with Crippen LogP contribution in [0.2, 0.25) is 5.02 Å². The van der Waals surface area contributed by atoms with Gasteiger partial charge in [0.1, 0.15) is 0 Å². The summed E-state index contributed by atoms with van der Waals surface area (Å²) in [5.41, 5.74) is 7.31. The molecule has 142 valence electrons. The van der Waals surface area contributed by atoms with Crippen LogP contribution in [0.3, 0.4) is 0 Å². The van der Waals surface area contributed by atoms with E-state index in [1.54, 1.807) is 0 Å². The number of carbonyl (C=O) groups is 1. The standard InChI is InChI=1S/C18H22ClN3O2S.ClH/c1-12-15(10-13-4-2-3-5-14(13)19)25-17(21-12)22-16(23)18(11-20)6-8-24-9-7-18;/h2-5H,6-11,20H2,1H3,(H,21,22,23);1H. The number of hydrogen-bond donors (Lipinski definition) is 2. The van der Waals surface area contributed by atoms with Crippen LogP contribution in [0.15, 0.2) is 24.3 Å². The summed E-state index contributed by atoms with van der Waals surface area (Å²) in [6.45, 7) is 3.41. The molecule has 0 radical (unpaired) electrons. The number of aryl methyl sites for hydroxylation is 1. The van der Waals surface area contributed by atoms with E-state index in [1.807, 2.05) is 31.2 Å². The van der Waals surface area contributed by atoms with Crippen molar-refractivity contribution in [3.63, 3.8) is 0 Å². The number of hydrogen-bond acceptors (Lipinski definition) is 5. The zero-order valence-corrected chi connectivity index (χ0v) is 17.0. The Balaban J connectivity index is 0.00000243. The number of rotatable bonds is 5. The lowest BCUT2D eigenvalue weighted by Gasteiger charge is -2.34. The van der Waals surface area contributed by atoms with Gasteiger partial charge in [-0.2, -0.15) is 0 Å². The van der Waals surface area contributed by atoms with Crippen LogP contribution in [0.1, 0.15) is 29.0 Å². The van der Waals surface area contributed by atoms with Crippen LogP contribution < -0.4 is 11.1 Å². The summed E-state index contributed by atoms with van der Waals surface area (Å²) in [6, 6.07) is 7.77. The third-order valence-corrected chi connectivity index (χ3v) is 6.19. The van der Waals surface area contributed by atoms with E-state index in [0.717, 1.165) is 21.2 Å². The number of nitrogens with two attached hydrogens (primary N) is 1. The molecule has 0 bridgehead atoms. The summed E-state index contributed by atoms with van der Waals surface area (Å²) in [4.78, 5) is 18.4. The van der Waals surface area contributed by atoms with E-state index < -0.39 is 5.41 Å². The molecule has 26 heavy (non-hydrogen) atoms. The highest BCUT2D eigenvalue weighted by molar-refractivity contribution is 7.15. The van der Waals surface area contributed by atoms with Crippen molar-refractivity contribution < 1.29 is 9.53 Å². The van der Waals surface area contributed by atoms with Crippen molar-refractivity contribution in [3.05, 3.63) is 45.4 Å². The van der Waals surface area contributed by atoms with Gasteiger partial charge in [-0.3, -0.25) is 4.79 Å². The van der Waals surface area contributed by atoms with Gasteiger partial charge in [-0.25, -0.2) is 4.98 Å². The van der Waals surface area contributed by atoms with Crippen LogP contribution in [0.25, 0.3) is 0 Å². The molecule has 1 saturated heterocycles. The molecule has 1 aliphatic heterocycles. The normalized spacial score (nSPS) is 16.0. The Morgan fingerprint density at radius 1 is 1.38 bits per heavy atom. The van der Waals surface area contributed by atoms with E-state index in [2.05, 4.69) is 10.3 Å². The first-order chi connectivity index (χ1) is 12.0. The van der Waals surface area contributed by atoms with E-state index in [9.17, 15) is 4.79 Å². The lowest BCUT2D eigenvalue weighted by atomic mass is 9.79. The molecule has 1 aromatic heterocycles. The summed E-state index contributed by atoms with van der Waals surface area (Å²) in [5, 5.41) is 4.32. The number of carbonyl (C=O) groups excluding carboxylic acids is 1. The smallest absolute Gasteiger partial charge is 0.233 e. The number of benzene rings is 1. The van der Waals surface area contributed by atoms with Crippen molar-refractivity contribution in [1.82, 2.24) is 4.98 Å². The van der Waals surface area contributed by atoms with Crippen LogP contribution in [0, 0.1) is 12.3 Å². The maximum Gasteiger partial charge on any atom is 0.233 e. The highest BCUT2D eigenvalue weighted by Crippen LogP contribution is 2.33. The van der Waals surface area contributed by atoms with Gasteiger partial charge in [0.2, 0.25) is 5.91 Å². The Kier molecular flexibility index (Phi) is 7.43. The van der Waals surface area contributed by atoms with Crippen LogP contribution in [0.5, 0.6) is 0 Å². The van der Waals surface area contributed by atoms with Crippen LogP contribution >= 0.6 is 35.3 Å². The minimum Gasteiger partial charge on any atom is -0.381 e. The van der Waals surface area contributed by atoms with Crippen molar-refractivity contribution in [2.45, 2.75) is 26.2 Å². The molecule has 0 atom stereocenters. The highest BCUT2D eigenvalue weighted by Gasteiger charge is 2.39. The fourth-order valence-corrected chi connectivity index (χ4v) is 4.16. The molecule has 0 unspecified atom stereocenters. The Morgan fingerprint density at radius 3 is 2.73 bits per heavy atom. The van der Waals surface area contributed by atoms with E-state index in [4.69, 9.17) is 22.1 Å². The summed E-state index contributed by atoms with van der Waals surface area (Å²) >= 11 is 7.74. The molecule has 5 nitrogen and oxygen atoms in total. The van der Waals surface area contributed by atoms with Gasteiger partial charge in [0.25, 0.3) is 0 Å². The van der Waals surface area contributed by atoms with Crippen molar-refractivity contribution in [2.75, 3.05) is 25.1 Å². The second kappa shape index (κ2) is 9.15. The molecule has 0 aliphatic carbocycles. The number of nitrogens with zero attached hydrogens (tertiary/aromatic N) is 1. The van der Waals surface area contributed by atoms with Gasteiger partial charge in [0.15, 0.2) is 5.13 Å². The van der Waals surface area contributed by atoms with Gasteiger partial charge in [0.05, 0.1) is 11.1 Å². The molecule has 1 aromatic carbocycles. The summed E-state index contributed by atoms with van der Waals surface area (Å²) in [5.74, 6) is -0.0589. The van der Waals surface area contributed by atoms with Crippen molar-refractivity contribution in [3.8, 4) is 0 Å². The zero-order valence-electron chi connectivity index (χ0n) is 14.6. The third-order valence-electron chi connectivity index (χ3n) is 4.74. The Labute approximate surface area is 168 Å². The number of nitrogens with one attached hydrogen (secondary N) is 1. The van der Waals surface area contributed by atoms with Crippen LogP contribution in [0.4, 0.5) is 5.13 Å². The highest BCUT2D eigenvalue weighted by atomic mass is 35.5. The summed E-state index contributed by atoms with van der Waals surface area (Å²) in [7, 11) is 0. The first kappa shape index (κ1) is 21.1. The van der Waals surface area contributed by atoms with Crippen molar-refractivity contribution in [1.29, 1.82) is 0 Å². The third kappa shape index (κ3) is 4.56. The van der Waals surface area contributed by atoms with Crippen LogP contribution in [-0.4, -0.2) is 30.6 Å². The molecule has 1 fully saturated rings. The number of ether oxygens (including phenoxy) is 1. The molecular formula is C18H23Cl2N3O2S. The fraction of sp³-hybridized carbons (Fsp3) is 0.444. The number of halogens is 2. The summed E-state index contributed by atoms with van der Waals surface area (Å²) in [6.07, 6.45) is 1.99. The lowest BCUT2D eigenvalue weighted by Crippen LogP contribution is -2.46. The van der Waals surface area contributed by atoms with Gasteiger partial charge < -0.3 is 15.8 Å². The lowest BCUT2D eigenvalue weighted by molar-refractivity contribution is -0.130. The topological polar surface area (TPSA) is 77.2 Å². The number of thiazole rings is 1. The van der Waals surface area contributed by atoms with E-state index in [-0.39, 0.29) is 18.3 Å². The van der Waals surface area contributed by atoms with Gasteiger partial charge in [-0.15, -0.1) is 23.7 Å². The quantitative estimate of drug-likeness (QED) is 0.777. The Morgan fingerprint density at radius 2 is 2.08 bits per heavy atom. The average Bonchev–Trinajstić information content (AvgIpc) is 2.96. The van der Waals surface area contributed by atoms with Crippen molar-refractivity contribution in [2.24, 2.45) is 11.1 Å². The zero-order chi connectivity index (χ0) is 17.9. The minimum atomic E-state index is -0.555. The molecular weight excluding hydrogens is 393 g/mol. The molecule has 0 spiro atoms. The monoisotopic (exact) mass is 415 g/mol. The van der Waals surface area contributed by atoms with Gasteiger partial charge in [0, 0.05) is 36.1 Å². The predicted octanol–water partition coefficient (Wildman–Crippen LogP) is 3.81. The van der Waals surface area contributed by atoms with E-state index in [1.165, 1.54) is 11.3 Å². The van der Waals surface area contributed by atoms with E-state index >= 15 is 0 Å². The first-order valence-corrected chi connectivity index (χ1v) is 9.52. The molecule has 8 heteroatoms. The molecule has 0 saturated carbocycles. The van der Waals surface area contributed by atoms with Gasteiger partial charge >= 0.3 is 0 Å². The average molecular weight is 416 g/mol. The molecule has 1 amide bonds. The summed E-state index contributed by atoms with van der Waals surface area (Å²) < 4.78 is 5.37. The largest absolute Gasteiger partial charge is 0.381 e. The molecule has 3 rings (SSSR count). The second-order valence-electron chi connectivity index (χ2n) is 6.35. The van der Waals surface area contributed by atoms with Crippen molar-refractivity contribution >= 4 is 46.4 Å². The van der Waals surface area contributed by atoms with Gasteiger partial charge in [-0.1, -0.05) is 29.8 Å². The van der Waals surface area contributed by atoms with Gasteiger partial charge in [-0.05, 0) is 31.4 Å². The Bertz CT molecular complexity index is 761. The number of anilines is 1. The minimum absolute atomic E-state index is 0. The molecule has 3 N–H and O–H groups in total. The molecule has 2 aromatic rings. The Hall–Kier alpha value is -1.18. The molecule has 1 aliphatic rings. The SMILES string of the molecule is Cc1nc(NC(=O)C2(CN)CCOCC2)sc1Cc1ccccc1Cl.Cl.